The van der Waals surface area contributed by atoms with Crippen LogP contribution in [-0.4, -0.2) is 22.6 Å². The number of H-pyrrole nitrogens is 1. The molecule has 0 bridgehead atoms. The van der Waals surface area contributed by atoms with Crippen LogP contribution in [0.25, 0.3) is 0 Å². The second-order valence-corrected chi connectivity index (χ2v) is 5.43. The van der Waals surface area contributed by atoms with E-state index < -0.39 is 5.41 Å². The largest absolute Gasteiger partial charge is 0.329 e. The lowest BCUT2D eigenvalue weighted by Crippen LogP contribution is -2.45. The van der Waals surface area contributed by atoms with E-state index in [9.17, 15) is 9.59 Å². The summed E-state index contributed by atoms with van der Waals surface area (Å²) < 4.78 is 0. The highest BCUT2D eigenvalue weighted by Gasteiger charge is 2.39. The summed E-state index contributed by atoms with van der Waals surface area (Å²) >= 11 is 0. The Morgan fingerprint density at radius 3 is 2.74 bits per heavy atom. The highest BCUT2D eigenvalue weighted by molar-refractivity contribution is 5.94. The van der Waals surface area contributed by atoms with Crippen LogP contribution in [0.4, 0.5) is 5.82 Å². The fraction of sp³-hybridized carbons (Fsp3) is 0.615. The molecule has 1 saturated carbocycles. The summed E-state index contributed by atoms with van der Waals surface area (Å²) in [5.74, 6) is 0.913. The minimum atomic E-state index is -0.496. The van der Waals surface area contributed by atoms with Gasteiger partial charge in [0.2, 0.25) is 5.91 Å². The zero-order chi connectivity index (χ0) is 13.9. The summed E-state index contributed by atoms with van der Waals surface area (Å²) in [4.78, 5) is 23.3. The molecule has 1 fully saturated rings. The van der Waals surface area contributed by atoms with Gasteiger partial charge in [-0.15, -0.1) is 0 Å². The molecule has 1 aliphatic carbocycles. The van der Waals surface area contributed by atoms with Crippen LogP contribution in [0.15, 0.2) is 16.9 Å². The van der Waals surface area contributed by atoms with Gasteiger partial charge in [-0.3, -0.25) is 9.59 Å². The zero-order valence-electron chi connectivity index (χ0n) is 11.1. The molecule has 104 valence electrons. The molecule has 4 N–H and O–H groups in total. The molecule has 0 atom stereocenters. The van der Waals surface area contributed by atoms with Gasteiger partial charge in [0.25, 0.3) is 5.56 Å². The monoisotopic (exact) mass is 264 g/mol. The van der Waals surface area contributed by atoms with Crippen LogP contribution in [-0.2, 0) is 4.79 Å². The number of anilines is 1. The molecule has 0 unspecified atom stereocenters. The summed E-state index contributed by atoms with van der Waals surface area (Å²) in [6, 6.07) is 2.83. The van der Waals surface area contributed by atoms with E-state index in [0.717, 1.165) is 25.7 Å². The minimum absolute atomic E-state index is 0.0959. The van der Waals surface area contributed by atoms with Gasteiger partial charge in [-0.05, 0) is 37.7 Å². The first-order valence-corrected chi connectivity index (χ1v) is 6.63. The molecule has 0 spiro atoms. The Hall–Kier alpha value is -1.69. The summed E-state index contributed by atoms with van der Waals surface area (Å²) in [5.41, 5.74) is 5.03. The molecule has 0 saturated heterocycles. The lowest BCUT2D eigenvalue weighted by atomic mass is 9.70. The number of carbonyl (C=O) groups is 1. The van der Waals surface area contributed by atoms with E-state index >= 15 is 0 Å². The average Bonchev–Trinajstić information content (AvgIpc) is 2.42. The minimum Gasteiger partial charge on any atom is -0.329 e. The van der Waals surface area contributed by atoms with Crippen molar-refractivity contribution < 1.29 is 4.79 Å². The second-order valence-electron chi connectivity index (χ2n) is 5.43. The normalized spacial score (nSPS) is 26.9. The number of carbonyl (C=O) groups excluding carboxylic acids is 1. The Labute approximate surface area is 111 Å². The highest BCUT2D eigenvalue weighted by Crippen LogP contribution is 2.38. The summed E-state index contributed by atoms with van der Waals surface area (Å²) in [7, 11) is 0. The maximum Gasteiger partial charge on any atom is 0.264 e. The van der Waals surface area contributed by atoms with Crippen LogP contribution in [0.1, 0.15) is 32.6 Å². The molecule has 1 heterocycles. The number of amides is 1. The van der Waals surface area contributed by atoms with Crippen molar-refractivity contribution >= 4 is 11.7 Å². The van der Waals surface area contributed by atoms with Crippen molar-refractivity contribution in [1.29, 1.82) is 0 Å². The zero-order valence-corrected chi connectivity index (χ0v) is 11.1. The molecule has 0 radical (unpaired) electrons. The Bertz CT molecular complexity index is 483. The summed E-state index contributed by atoms with van der Waals surface area (Å²) in [6.45, 7) is 2.54. The van der Waals surface area contributed by atoms with E-state index in [1.54, 1.807) is 0 Å². The molecule has 2 rings (SSSR count). The molecule has 1 aliphatic rings. The highest BCUT2D eigenvalue weighted by atomic mass is 16.2. The van der Waals surface area contributed by atoms with Crippen LogP contribution in [0.5, 0.6) is 0 Å². The van der Waals surface area contributed by atoms with Gasteiger partial charge in [0, 0.05) is 12.6 Å². The molecule has 0 aromatic carbocycles. The van der Waals surface area contributed by atoms with Crippen molar-refractivity contribution in [3.05, 3.63) is 22.5 Å². The molecular weight excluding hydrogens is 244 g/mol. The van der Waals surface area contributed by atoms with Gasteiger partial charge in [-0.25, -0.2) is 5.10 Å². The topological polar surface area (TPSA) is 101 Å². The Morgan fingerprint density at radius 1 is 1.53 bits per heavy atom. The number of aromatic amines is 1. The predicted octanol–water partition coefficient (Wildman–Crippen LogP) is 0.864. The third-order valence-corrected chi connectivity index (χ3v) is 4.02. The summed E-state index contributed by atoms with van der Waals surface area (Å²) in [6.07, 6.45) is 3.65. The van der Waals surface area contributed by atoms with Gasteiger partial charge < -0.3 is 11.1 Å². The van der Waals surface area contributed by atoms with E-state index in [4.69, 9.17) is 5.73 Å². The number of hydrogen-bond donors (Lipinski definition) is 3. The second kappa shape index (κ2) is 5.52. The molecule has 0 aliphatic heterocycles. The number of rotatable bonds is 3. The maximum atomic E-state index is 12.4. The Kier molecular flexibility index (Phi) is 3.99. The van der Waals surface area contributed by atoms with Gasteiger partial charge >= 0.3 is 0 Å². The predicted molar refractivity (Wildman–Crippen MR) is 72.6 cm³/mol. The third-order valence-electron chi connectivity index (χ3n) is 4.02. The standard InChI is InChI=1S/C13H20N4O2/c1-9-4-6-13(8-14,7-5-9)12(19)15-10-2-3-11(18)17-16-10/h2-3,9H,4-8,14H2,1H3,(H,17,18)(H,15,16,19). The van der Waals surface area contributed by atoms with Crippen molar-refractivity contribution in [1.82, 2.24) is 10.2 Å². The summed E-state index contributed by atoms with van der Waals surface area (Å²) in [5, 5.41) is 8.82. The van der Waals surface area contributed by atoms with Crippen molar-refractivity contribution in [3.8, 4) is 0 Å². The molecule has 6 heteroatoms. The SMILES string of the molecule is CC1CCC(CN)(C(=O)Nc2ccc(=O)[nH]n2)CC1. The number of nitrogens with two attached hydrogens (primary N) is 1. The van der Waals surface area contributed by atoms with Crippen LogP contribution in [0, 0.1) is 11.3 Å². The number of nitrogens with zero attached hydrogens (tertiary/aromatic N) is 1. The van der Waals surface area contributed by atoms with Crippen molar-refractivity contribution in [2.45, 2.75) is 32.6 Å². The molecule has 1 aromatic rings. The first kappa shape index (κ1) is 13.7. The lowest BCUT2D eigenvalue weighted by molar-refractivity contribution is -0.127. The third kappa shape index (κ3) is 3.01. The van der Waals surface area contributed by atoms with Crippen LogP contribution >= 0.6 is 0 Å². The van der Waals surface area contributed by atoms with E-state index in [1.165, 1.54) is 12.1 Å². The fourth-order valence-electron chi connectivity index (χ4n) is 2.50. The van der Waals surface area contributed by atoms with Gasteiger partial charge in [0.1, 0.15) is 0 Å². The fourth-order valence-corrected chi connectivity index (χ4v) is 2.50. The van der Waals surface area contributed by atoms with Crippen LogP contribution in [0.2, 0.25) is 0 Å². The molecule has 1 amide bonds. The number of hydrogen-bond acceptors (Lipinski definition) is 4. The lowest BCUT2D eigenvalue weighted by Gasteiger charge is -2.36. The molecule has 19 heavy (non-hydrogen) atoms. The van der Waals surface area contributed by atoms with Crippen LogP contribution < -0.4 is 16.6 Å². The van der Waals surface area contributed by atoms with Crippen molar-refractivity contribution in [2.24, 2.45) is 17.1 Å². The molecule has 1 aromatic heterocycles. The number of aromatic nitrogens is 2. The quantitative estimate of drug-likeness (QED) is 0.753. The van der Waals surface area contributed by atoms with E-state index in [1.807, 2.05) is 0 Å². The van der Waals surface area contributed by atoms with E-state index in [-0.39, 0.29) is 11.5 Å². The molecular formula is C13H20N4O2. The maximum absolute atomic E-state index is 12.4. The number of nitrogens with one attached hydrogen (secondary N) is 2. The van der Waals surface area contributed by atoms with Crippen LogP contribution in [0.3, 0.4) is 0 Å². The van der Waals surface area contributed by atoms with Crippen molar-refractivity contribution in [2.75, 3.05) is 11.9 Å². The average molecular weight is 264 g/mol. The van der Waals surface area contributed by atoms with Gasteiger partial charge in [0.05, 0.1) is 5.41 Å². The first-order chi connectivity index (χ1) is 9.05. The van der Waals surface area contributed by atoms with Crippen molar-refractivity contribution in [3.63, 3.8) is 0 Å². The van der Waals surface area contributed by atoms with E-state index in [2.05, 4.69) is 22.4 Å². The van der Waals surface area contributed by atoms with Gasteiger partial charge in [0.15, 0.2) is 5.82 Å². The first-order valence-electron chi connectivity index (χ1n) is 6.63. The Balaban J connectivity index is 2.09. The Morgan fingerprint density at radius 2 is 2.21 bits per heavy atom. The molecule has 6 nitrogen and oxygen atoms in total. The van der Waals surface area contributed by atoms with Gasteiger partial charge in [-0.2, -0.15) is 5.10 Å². The van der Waals surface area contributed by atoms with E-state index in [0.29, 0.717) is 18.3 Å². The smallest absolute Gasteiger partial charge is 0.264 e. The van der Waals surface area contributed by atoms with Gasteiger partial charge in [-0.1, -0.05) is 6.92 Å².